The van der Waals surface area contributed by atoms with Crippen molar-refractivity contribution in [2.24, 2.45) is 11.8 Å². The van der Waals surface area contributed by atoms with Gasteiger partial charge in [-0.15, -0.1) is 0 Å². The molecule has 30 heavy (non-hydrogen) atoms. The fraction of sp³-hybridized carbons (Fsp3) is 0.500. The number of benzene rings is 2. The highest BCUT2D eigenvalue weighted by Gasteiger charge is 2.46. The van der Waals surface area contributed by atoms with Gasteiger partial charge >= 0.3 is 0 Å². The molecule has 3 fully saturated rings. The number of fused-ring (bicyclic) bond motifs is 1. The monoisotopic (exact) mass is 404 g/mol. The first-order valence-electron chi connectivity index (χ1n) is 11.5. The zero-order valence-electron chi connectivity index (χ0n) is 17.6. The Balaban J connectivity index is 1.26. The van der Waals surface area contributed by atoms with Crippen LogP contribution in [0.4, 0.5) is 0 Å². The van der Waals surface area contributed by atoms with E-state index in [0.29, 0.717) is 12.5 Å². The summed E-state index contributed by atoms with van der Waals surface area (Å²) in [6, 6.07) is 21.4. The zero-order chi connectivity index (χ0) is 20.6. The van der Waals surface area contributed by atoms with Crippen LogP contribution in [0.15, 0.2) is 60.7 Å². The molecule has 1 aliphatic carbocycles. The van der Waals surface area contributed by atoms with Crippen LogP contribution in [-0.2, 0) is 4.79 Å². The summed E-state index contributed by atoms with van der Waals surface area (Å²) >= 11 is 0. The SMILES string of the molecule is O=C(C1CN(C(c2ccccc2)c2ccccc2)C1)N1CCC2(O)CCCCC2C1. The number of rotatable bonds is 4. The second-order valence-corrected chi connectivity index (χ2v) is 9.46. The lowest BCUT2D eigenvalue weighted by Gasteiger charge is -2.50. The first kappa shape index (κ1) is 19.8. The van der Waals surface area contributed by atoms with Crippen molar-refractivity contribution in [3.8, 4) is 0 Å². The Bertz CT molecular complexity index is 826. The molecular formula is C26H32N2O2. The molecule has 2 aliphatic heterocycles. The Kier molecular flexibility index (Phi) is 5.38. The van der Waals surface area contributed by atoms with Gasteiger partial charge in [0, 0.05) is 32.1 Å². The van der Waals surface area contributed by atoms with E-state index < -0.39 is 5.60 Å². The van der Waals surface area contributed by atoms with Crippen LogP contribution in [0.2, 0.25) is 0 Å². The molecule has 0 radical (unpaired) electrons. The average molecular weight is 405 g/mol. The van der Waals surface area contributed by atoms with E-state index in [2.05, 4.69) is 65.6 Å². The van der Waals surface area contributed by atoms with Crippen molar-refractivity contribution >= 4 is 5.91 Å². The topological polar surface area (TPSA) is 43.8 Å². The summed E-state index contributed by atoms with van der Waals surface area (Å²) in [4.78, 5) is 17.7. The van der Waals surface area contributed by atoms with E-state index in [1.807, 2.05) is 4.90 Å². The number of carbonyl (C=O) groups is 1. The minimum atomic E-state index is -0.521. The predicted octanol–water partition coefficient (Wildman–Crippen LogP) is 3.86. The third-order valence-corrected chi connectivity index (χ3v) is 7.59. The van der Waals surface area contributed by atoms with Gasteiger partial charge in [-0.2, -0.15) is 0 Å². The van der Waals surface area contributed by atoms with Gasteiger partial charge < -0.3 is 10.0 Å². The number of carbonyl (C=O) groups excluding carboxylic acids is 1. The summed E-state index contributed by atoms with van der Waals surface area (Å²) in [6.07, 6.45) is 5.02. The minimum Gasteiger partial charge on any atom is -0.389 e. The lowest BCUT2D eigenvalue weighted by Crippen LogP contribution is -2.60. The normalized spacial score (nSPS) is 27.5. The van der Waals surface area contributed by atoms with E-state index in [1.165, 1.54) is 17.5 Å². The largest absolute Gasteiger partial charge is 0.389 e. The lowest BCUT2D eigenvalue weighted by molar-refractivity contribution is -0.153. The van der Waals surface area contributed by atoms with Gasteiger partial charge in [0.25, 0.3) is 0 Å². The molecule has 158 valence electrons. The molecule has 2 unspecified atom stereocenters. The molecule has 3 aliphatic rings. The molecule has 2 heterocycles. The molecule has 0 aromatic heterocycles. The highest BCUT2D eigenvalue weighted by molar-refractivity contribution is 5.80. The Labute approximate surface area is 179 Å². The number of hydrogen-bond acceptors (Lipinski definition) is 3. The maximum absolute atomic E-state index is 13.2. The maximum atomic E-state index is 13.2. The fourth-order valence-corrected chi connectivity index (χ4v) is 5.79. The van der Waals surface area contributed by atoms with Crippen LogP contribution >= 0.6 is 0 Å². The molecule has 4 heteroatoms. The second kappa shape index (κ2) is 8.16. The highest BCUT2D eigenvalue weighted by atomic mass is 16.3. The van der Waals surface area contributed by atoms with E-state index in [-0.39, 0.29) is 17.9 Å². The molecule has 1 amide bonds. The van der Waals surface area contributed by atoms with Crippen molar-refractivity contribution in [3.05, 3.63) is 71.8 Å². The summed E-state index contributed by atoms with van der Waals surface area (Å²) in [6.45, 7) is 3.06. The fourth-order valence-electron chi connectivity index (χ4n) is 5.79. The Hall–Kier alpha value is -2.17. The minimum absolute atomic E-state index is 0.0784. The van der Waals surface area contributed by atoms with Crippen LogP contribution in [-0.4, -0.2) is 52.6 Å². The van der Waals surface area contributed by atoms with Gasteiger partial charge in [-0.1, -0.05) is 73.5 Å². The lowest BCUT2D eigenvalue weighted by atomic mass is 9.71. The van der Waals surface area contributed by atoms with E-state index in [0.717, 1.165) is 45.3 Å². The maximum Gasteiger partial charge on any atom is 0.228 e. The number of hydrogen-bond donors (Lipinski definition) is 1. The van der Waals surface area contributed by atoms with E-state index in [4.69, 9.17) is 0 Å². The van der Waals surface area contributed by atoms with Crippen LogP contribution in [0.1, 0.15) is 49.3 Å². The van der Waals surface area contributed by atoms with Crippen LogP contribution in [0.5, 0.6) is 0 Å². The van der Waals surface area contributed by atoms with Gasteiger partial charge in [-0.3, -0.25) is 9.69 Å². The molecular weight excluding hydrogens is 372 g/mol. The van der Waals surface area contributed by atoms with E-state index in [9.17, 15) is 9.90 Å². The summed E-state index contributed by atoms with van der Waals surface area (Å²) in [7, 11) is 0. The quantitative estimate of drug-likeness (QED) is 0.842. The molecule has 0 bridgehead atoms. The van der Waals surface area contributed by atoms with Crippen LogP contribution in [0.3, 0.4) is 0 Å². The summed E-state index contributed by atoms with van der Waals surface area (Å²) < 4.78 is 0. The molecule has 2 aromatic carbocycles. The van der Waals surface area contributed by atoms with Crippen molar-refractivity contribution in [1.29, 1.82) is 0 Å². The van der Waals surface area contributed by atoms with Gasteiger partial charge in [0.2, 0.25) is 5.91 Å². The predicted molar refractivity (Wildman–Crippen MR) is 118 cm³/mol. The Morgan fingerprint density at radius 3 is 2.17 bits per heavy atom. The van der Waals surface area contributed by atoms with Crippen molar-refractivity contribution < 1.29 is 9.90 Å². The van der Waals surface area contributed by atoms with Crippen LogP contribution in [0, 0.1) is 11.8 Å². The molecule has 1 N–H and O–H groups in total. The standard InChI is InChI=1S/C26H32N2O2/c29-25(27-16-15-26(30)14-8-7-13-23(26)19-27)22-17-28(18-22)24(20-9-3-1-4-10-20)21-11-5-2-6-12-21/h1-6,9-12,22-24,30H,7-8,13-19H2. The van der Waals surface area contributed by atoms with Gasteiger partial charge in [0.1, 0.15) is 0 Å². The third-order valence-electron chi connectivity index (χ3n) is 7.59. The van der Waals surface area contributed by atoms with Crippen molar-refractivity contribution in [1.82, 2.24) is 9.80 Å². The van der Waals surface area contributed by atoms with Gasteiger partial charge in [-0.25, -0.2) is 0 Å². The summed E-state index contributed by atoms with van der Waals surface area (Å²) in [5.41, 5.74) is 2.03. The molecule has 1 saturated carbocycles. The van der Waals surface area contributed by atoms with Crippen molar-refractivity contribution in [2.45, 2.75) is 43.7 Å². The zero-order valence-corrected chi connectivity index (χ0v) is 17.6. The molecule has 4 nitrogen and oxygen atoms in total. The summed E-state index contributed by atoms with van der Waals surface area (Å²) in [5, 5.41) is 10.9. The second-order valence-electron chi connectivity index (χ2n) is 9.46. The number of likely N-dealkylation sites (tertiary alicyclic amines) is 2. The van der Waals surface area contributed by atoms with Crippen molar-refractivity contribution in [3.63, 3.8) is 0 Å². The number of amides is 1. The number of aliphatic hydroxyl groups is 1. The molecule has 0 spiro atoms. The highest BCUT2D eigenvalue weighted by Crippen LogP contribution is 2.41. The summed E-state index contributed by atoms with van der Waals surface area (Å²) in [5.74, 6) is 0.634. The van der Waals surface area contributed by atoms with Gasteiger partial charge in [0.15, 0.2) is 0 Å². The van der Waals surface area contributed by atoms with Crippen LogP contribution < -0.4 is 0 Å². The Morgan fingerprint density at radius 2 is 1.53 bits per heavy atom. The molecule has 2 saturated heterocycles. The number of nitrogens with zero attached hydrogens (tertiary/aromatic N) is 2. The number of piperidine rings is 1. The van der Waals surface area contributed by atoms with Crippen molar-refractivity contribution in [2.75, 3.05) is 26.2 Å². The smallest absolute Gasteiger partial charge is 0.228 e. The van der Waals surface area contributed by atoms with Gasteiger partial charge in [-0.05, 0) is 30.4 Å². The third kappa shape index (κ3) is 3.67. The molecule has 5 rings (SSSR count). The van der Waals surface area contributed by atoms with E-state index in [1.54, 1.807) is 0 Å². The first-order valence-corrected chi connectivity index (χ1v) is 11.5. The van der Waals surface area contributed by atoms with Gasteiger partial charge in [0.05, 0.1) is 17.6 Å². The molecule has 2 atom stereocenters. The molecule has 2 aromatic rings. The van der Waals surface area contributed by atoms with E-state index >= 15 is 0 Å². The average Bonchev–Trinajstić information content (AvgIpc) is 2.76. The van der Waals surface area contributed by atoms with Crippen LogP contribution in [0.25, 0.3) is 0 Å². The Morgan fingerprint density at radius 1 is 0.900 bits per heavy atom. The first-order chi connectivity index (χ1) is 14.6.